The van der Waals surface area contributed by atoms with Gasteiger partial charge in [0, 0.05) is 7.05 Å². The van der Waals surface area contributed by atoms with Gasteiger partial charge >= 0.3 is 0 Å². The molecule has 0 saturated carbocycles. The third-order valence-corrected chi connectivity index (χ3v) is 3.91. The first-order valence-electron chi connectivity index (χ1n) is 6.75. The summed E-state index contributed by atoms with van der Waals surface area (Å²) in [7, 11) is 5.47. The molecule has 9 heteroatoms. The lowest BCUT2D eigenvalue weighted by Gasteiger charge is -2.11. The van der Waals surface area contributed by atoms with Gasteiger partial charge in [0.05, 0.1) is 18.0 Å². The Balaban J connectivity index is 2.35. The molecule has 0 radical (unpaired) electrons. The lowest BCUT2D eigenvalue weighted by molar-refractivity contribution is -0.404. The van der Waals surface area contributed by atoms with Crippen LogP contribution in [0.5, 0.6) is 0 Å². The number of furan rings is 1. The van der Waals surface area contributed by atoms with Crippen molar-refractivity contribution in [2.24, 2.45) is 0 Å². The highest BCUT2D eigenvalue weighted by Gasteiger charge is 2.12. The largest absolute Gasteiger partial charge is 0.616 e. The third-order valence-electron chi connectivity index (χ3n) is 2.64. The second kappa shape index (κ2) is 9.34. The number of hydrogen-bond donors (Lipinski definition) is 2. The van der Waals surface area contributed by atoms with Crippen LogP contribution in [0, 0.1) is 10.1 Å². The second-order valence-corrected chi connectivity index (χ2v) is 6.48. The van der Waals surface area contributed by atoms with Crippen LogP contribution in [-0.2, 0) is 23.5 Å². The van der Waals surface area contributed by atoms with Crippen molar-refractivity contribution >= 4 is 11.2 Å². The van der Waals surface area contributed by atoms with Crippen LogP contribution in [0.1, 0.15) is 11.5 Å². The SMILES string of the molecule is CNC(=C[N+](=O)[O-])NCC[S+]([O-])Cc1ccc(CN(C)C)o1. The lowest BCUT2D eigenvalue weighted by Crippen LogP contribution is -2.29. The molecule has 0 bridgehead atoms. The topological polar surface area (TPSA) is 107 Å². The van der Waals surface area contributed by atoms with Crippen LogP contribution in [0.15, 0.2) is 28.6 Å². The normalized spacial score (nSPS) is 13.2. The monoisotopic (exact) mass is 330 g/mol. The number of nitrogens with one attached hydrogen (secondary N) is 2. The highest BCUT2D eigenvalue weighted by molar-refractivity contribution is 7.90. The summed E-state index contributed by atoms with van der Waals surface area (Å²) in [6, 6.07) is 3.71. The minimum absolute atomic E-state index is 0.285. The van der Waals surface area contributed by atoms with Crippen LogP contribution in [0.3, 0.4) is 0 Å². The Bertz CT molecular complexity index is 504. The van der Waals surface area contributed by atoms with E-state index in [1.54, 1.807) is 7.05 Å². The highest BCUT2D eigenvalue weighted by atomic mass is 32.2. The van der Waals surface area contributed by atoms with Crippen LogP contribution in [0.2, 0.25) is 0 Å². The fourth-order valence-corrected chi connectivity index (χ4v) is 2.68. The molecule has 2 N–H and O–H groups in total. The van der Waals surface area contributed by atoms with E-state index < -0.39 is 16.1 Å². The van der Waals surface area contributed by atoms with E-state index in [-0.39, 0.29) is 5.82 Å². The third kappa shape index (κ3) is 7.34. The summed E-state index contributed by atoms with van der Waals surface area (Å²) in [5.74, 6) is 2.52. The molecule has 0 aliphatic rings. The van der Waals surface area contributed by atoms with Gasteiger partial charge in [-0.25, -0.2) is 0 Å². The molecule has 0 fully saturated rings. The van der Waals surface area contributed by atoms with E-state index in [2.05, 4.69) is 10.6 Å². The van der Waals surface area contributed by atoms with Crippen molar-refractivity contribution in [2.75, 3.05) is 33.4 Å². The van der Waals surface area contributed by atoms with E-state index in [0.717, 1.165) is 12.0 Å². The molecule has 1 unspecified atom stereocenters. The van der Waals surface area contributed by atoms with Crippen molar-refractivity contribution in [3.8, 4) is 0 Å². The van der Waals surface area contributed by atoms with E-state index in [4.69, 9.17) is 4.42 Å². The minimum Gasteiger partial charge on any atom is -0.616 e. The molecular weight excluding hydrogens is 308 g/mol. The smallest absolute Gasteiger partial charge is 0.274 e. The summed E-state index contributed by atoms with van der Waals surface area (Å²) in [6.45, 7) is 1.07. The van der Waals surface area contributed by atoms with Crippen molar-refractivity contribution in [1.82, 2.24) is 15.5 Å². The molecule has 1 aromatic rings. The van der Waals surface area contributed by atoms with Crippen LogP contribution < -0.4 is 10.6 Å². The quantitative estimate of drug-likeness (QED) is 0.365. The van der Waals surface area contributed by atoms with Crippen LogP contribution >= 0.6 is 0 Å². The first-order chi connectivity index (χ1) is 10.4. The molecule has 22 heavy (non-hydrogen) atoms. The Hall–Kier alpha value is -1.71. The van der Waals surface area contributed by atoms with Crippen molar-refractivity contribution in [3.05, 3.63) is 45.8 Å². The average Bonchev–Trinajstić information content (AvgIpc) is 2.83. The molecule has 0 aromatic carbocycles. The van der Waals surface area contributed by atoms with Crippen molar-refractivity contribution in [1.29, 1.82) is 0 Å². The first-order valence-corrected chi connectivity index (χ1v) is 8.23. The lowest BCUT2D eigenvalue weighted by atomic mass is 10.4. The maximum atomic E-state index is 12.0. The standard InChI is InChI=1S/C13H22N4O4S/c1-14-13(9-17(18)19)15-6-7-22(20)10-12-5-4-11(21-12)8-16(2)3/h4-5,9,14-15H,6-8,10H2,1-3H3. The number of rotatable bonds is 10. The summed E-state index contributed by atoms with van der Waals surface area (Å²) >= 11 is -1.10. The maximum Gasteiger partial charge on any atom is 0.274 e. The average molecular weight is 330 g/mol. The summed E-state index contributed by atoms with van der Waals surface area (Å²) in [5.41, 5.74) is 0. The molecule has 8 nitrogen and oxygen atoms in total. The van der Waals surface area contributed by atoms with E-state index in [9.17, 15) is 14.7 Å². The van der Waals surface area contributed by atoms with Crippen LogP contribution in [0.25, 0.3) is 0 Å². The van der Waals surface area contributed by atoms with Gasteiger partial charge in [0.1, 0.15) is 11.5 Å². The molecule has 124 valence electrons. The number of nitro groups is 1. The van der Waals surface area contributed by atoms with Gasteiger partial charge in [-0.3, -0.25) is 10.1 Å². The fourth-order valence-electron chi connectivity index (χ4n) is 1.73. The highest BCUT2D eigenvalue weighted by Crippen LogP contribution is 2.13. The number of hydrogen-bond acceptors (Lipinski definition) is 7. The summed E-state index contributed by atoms with van der Waals surface area (Å²) < 4.78 is 17.6. The molecular formula is C13H22N4O4S. The van der Waals surface area contributed by atoms with Gasteiger partial charge in [-0.05, 0) is 37.4 Å². The van der Waals surface area contributed by atoms with Gasteiger partial charge in [-0.1, -0.05) is 0 Å². The van der Waals surface area contributed by atoms with E-state index in [1.165, 1.54) is 0 Å². The molecule has 1 aromatic heterocycles. The van der Waals surface area contributed by atoms with Gasteiger partial charge in [0.25, 0.3) is 6.20 Å². The van der Waals surface area contributed by atoms with Crippen molar-refractivity contribution < 1.29 is 13.9 Å². The fraction of sp³-hybridized carbons (Fsp3) is 0.538. The summed E-state index contributed by atoms with van der Waals surface area (Å²) in [4.78, 5) is 11.8. The predicted octanol–water partition coefficient (Wildman–Crippen LogP) is 0.474. The zero-order valence-corrected chi connectivity index (χ0v) is 13.8. The van der Waals surface area contributed by atoms with E-state index in [0.29, 0.717) is 30.4 Å². The number of nitrogens with zero attached hydrogens (tertiary/aromatic N) is 2. The van der Waals surface area contributed by atoms with Gasteiger partial charge in [-0.2, -0.15) is 0 Å². The van der Waals surface area contributed by atoms with Gasteiger partial charge in [-0.15, -0.1) is 0 Å². The van der Waals surface area contributed by atoms with Crippen LogP contribution in [0.4, 0.5) is 0 Å². The molecule has 0 amide bonds. The summed E-state index contributed by atoms with van der Waals surface area (Å²) in [6.07, 6.45) is 0.836. The molecule has 1 atom stereocenters. The first kappa shape index (κ1) is 18.3. The molecule has 1 rings (SSSR count). The second-order valence-electron chi connectivity index (χ2n) is 4.90. The van der Waals surface area contributed by atoms with E-state index >= 15 is 0 Å². The van der Waals surface area contributed by atoms with Crippen molar-refractivity contribution in [3.63, 3.8) is 0 Å². The molecule has 0 aliphatic carbocycles. The van der Waals surface area contributed by atoms with Crippen molar-refractivity contribution in [2.45, 2.75) is 12.3 Å². The Labute approximate surface area is 132 Å². The molecule has 0 saturated heterocycles. The Kier molecular flexibility index (Phi) is 7.78. The molecule has 0 aliphatic heterocycles. The van der Waals surface area contributed by atoms with Gasteiger partial charge in [0.15, 0.2) is 17.3 Å². The van der Waals surface area contributed by atoms with Gasteiger partial charge < -0.3 is 24.5 Å². The Morgan fingerprint density at radius 2 is 2.14 bits per heavy atom. The zero-order chi connectivity index (χ0) is 16.5. The summed E-state index contributed by atoms with van der Waals surface area (Å²) in [5, 5.41) is 15.9. The zero-order valence-electron chi connectivity index (χ0n) is 13.0. The van der Waals surface area contributed by atoms with E-state index in [1.807, 2.05) is 31.1 Å². The Morgan fingerprint density at radius 1 is 1.45 bits per heavy atom. The minimum atomic E-state index is -1.10. The molecule has 1 heterocycles. The Morgan fingerprint density at radius 3 is 2.73 bits per heavy atom. The predicted molar refractivity (Wildman–Crippen MR) is 85.0 cm³/mol. The van der Waals surface area contributed by atoms with Gasteiger partial charge in [0.2, 0.25) is 0 Å². The molecule has 0 spiro atoms. The van der Waals surface area contributed by atoms with Crippen LogP contribution in [-0.4, -0.2) is 47.8 Å². The maximum absolute atomic E-state index is 12.0.